The fourth-order valence-corrected chi connectivity index (χ4v) is 2.47. The molecule has 3 nitrogen and oxygen atoms in total. The lowest BCUT2D eigenvalue weighted by atomic mass is 9.90. The molecule has 0 spiro atoms. The van der Waals surface area contributed by atoms with E-state index in [1.807, 2.05) is 12.3 Å². The van der Waals surface area contributed by atoms with Crippen LogP contribution in [0.15, 0.2) is 23.0 Å². The second-order valence-electron chi connectivity index (χ2n) is 5.12. The second kappa shape index (κ2) is 5.02. The van der Waals surface area contributed by atoms with Gasteiger partial charge < -0.3 is 14.6 Å². The Morgan fingerprint density at radius 1 is 1.50 bits per heavy atom. The Morgan fingerprint density at radius 3 is 3.00 bits per heavy atom. The van der Waals surface area contributed by atoms with Crippen molar-refractivity contribution in [2.45, 2.75) is 38.9 Å². The molecular weight excluding hydrogens is 200 g/mol. The lowest BCUT2D eigenvalue weighted by Gasteiger charge is -2.40. The Kier molecular flexibility index (Phi) is 3.66. The average molecular weight is 222 g/mol. The van der Waals surface area contributed by atoms with E-state index in [-0.39, 0.29) is 0 Å². The zero-order valence-corrected chi connectivity index (χ0v) is 10.4. The van der Waals surface area contributed by atoms with E-state index in [1.165, 1.54) is 18.5 Å². The Hall–Kier alpha value is -0.800. The number of piperidine rings is 1. The summed E-state index contributed by atoms with van der Waals surface area (Å²) in [4.78, 5) is 2.45. The van der Waals surface area contributed by atoms with Crippen molar-refractivity contribution in [1.82, 2.24) is 10.2 Å². The van der Waals surface area contributed by atoms with Gasteiger partial charge >= 0.3 is 0 Å². The molecule has 90 valence electrons. The van der Waals surface area contributed by atoms with Gasteiger partial charge in [-0.05, 0) is 32.4 Å². The second-order valence-corrected chi connectivity index (χ2v) is 5.12. The van der Waals surface area contributed by atoms with Gasteiger partial charge in [-0.3, -0.25) is 0 Å². The van der Waals surface area contributed by atoms with Crippen molar-refractivity contribution >= 4 is 0 Å². The molecule has 1 saturated heterocycles. The highest BCUT2D eigenvalue weighted by atomic mass is 16.3. The minimum absolute atomic E-state index is 0.626. The van der Waals surface area contributed by atoms with E-state index in [0.717, 1.165) is 6.54 Å². The third-order valence-corrected chi connectivity index (χ3v) is 3.76. The lowest BCUT2D eigenvalue weighted by Crippen LogP contribution is -2.50. The number of nitrogens with one attached hydrogen (secondary N) is 1. The molecule has 3 heteroatoms. The third-order valence-electron chi connectivity index (χ3n) is 3.76. The zero-order valence-electron chi connectivity index (χ0n) is 10.4. The first-order valence-electron chi connectivity index (χ1n) is 6.11. The summed E-state index contributed by atoms with van der Waals surface area (Å²) in [5.41, 5.74) is 1.23. The summed E-state index contributed by atoms with van der Waals surface area (Å²) in [5.74, 6) is 0.716. The Bertz CT molecular complexity index is 310. The summed E-state index contributed by atoms with van der Waals surface area (Å²) in [7, 11) is 2.22. The smallest absolute Gasteiger partial charge is 0.0947 e. The molecule has 0 saturated carbocycles. The van der Waals surface area contributed by atoms with Gasteiger partial charge in [-0.2, -0.15) is 0 Å². The van der Waals surface area contributed by atoms with E-state index >= 15 is 0 Å². The molecule has 2 rings (SSSR count). The SMILES string of the molecule is CC1CN(C)C(C)CC1NCc1ccoc1. The van der Waals surface area contributed by atoms with Crippen LogP contribution in [0.5, 0.6) is 0 Å². The Labute approximate surface area is 97.8 Å². The largest absolute Gasteiger partial charge is 0.472 e. The van der Waals surface area contributed by atoms with Gasteiger partial charge in [-0.25, -0.2) is 0 Å². The van der Waals surface area contributed by atoms with Crippen molar-refractivity contribution in [3.63, 3.8) is 0 Å². The molecule has 0 bridgehead atoms. The molecule has 0 amide bonds. The molecule has 1 aromatic rings. The third kappa shape index (κ3) is 2.66. The summed E-state index contributed by atoms with van der Waals surface area (Å²) in [6, 6.07) is 3.33. The van der Waals surface area contributed by atoms with Crippen molar-refractivity contribution in [2.24, 2.45) is 5.92 Å². The summed E-state index contributed by atoms with van der Waals surface area (Å²) >= 11 is 0. The van der Waals surface area contributed by atoms with Crippen LogP contribution in [0.2, 0.25) is 0 Å². The first-order valence-corrected chi connectivity index (χ1v) is 6.11. The minimum Gasteiger partial charge on any atom is -0.472 e. The molecule has 1 aliphatic heterocycles. The Balaban J connectivity index is 1.85. The highest BCUT2D eigenvalue weighted by Gasteiger charge is 2.28. The van der Waals surface area contributed by atoms with Gasteiger partial charge in [0.15, 0.2) is 0 Å². The first kappa shape index (κ1) is 11.7. The molecule has 2 heterocycles. The average Bonchev–Trinajstić information content (AvgIpc) is 2.74. The van der Waals surface area contributed by atoms with E-state index in [1.54, 1.807) is 6.26 Å². The predicted molar refractivity (Wildman–Crippen MR) is 65.2 cm³/mol. The monoisotopic (exact) mass is 222 g/mol. The van der Waals surface area contributed by atoms with E-state index in [2.05, 4.69) is 31.1 Å². The maximum atomic E-state index is 5.07. The standard InChI is InChI=1S/C13H22N2O/c1-10-8-15(3)11(2)6-13(10)14-7-12-4-5-16-9-12/h4-5,9-11,13-14H,6-8H2,1-3H3. The van der Waals surface area contributed by atoms with Gasteiger partial charge in [0.1, 0.15) is 0 Å². The summed E-state index contributed by atoms with van der Waals surface area (Å²) in [6.45, 7) is 6.74. The van der Waals surface area contributed by atoms with E-state index in [4.69, 9.17) is 4.42 Å². The molecule has 3 unspecified atom stereocenters. The molecule has 3 atom stereocenters. The van der Waals surface area contributed by atoms with E-state index in [0.29, 0.717) is 18.0 Å². The fraction of sp³-hybridized carbons (Fsp3) is 0.692. The van der Waals surface area contributed by atoms with Crippen molar-refractivity contribution in [3.8, 4) is 0 Å². The van der Waals surface area contributed by atoms with Gasteiger partial charge in [-0.15, -0.1) is 0 Å². The maximum absolute atomic E-state index is 5.07. The van der Waals surface area contributed by atoms with Crippen molar-refractivity contribution < 1.29 is 4.42 Å². The van der Waals surface area contributed by atoms with Crippen LogP contribution in [0.4, 0.5) is 0 Å². The lowest BCUT2D eigenvalue weighted by molar-refractivity contribution is 0.121. The molecular formula is C13H22N2O. The number of rotatable bonds is 3. The predicted octanol–water partition coefficient (Wildman–Crippen LogP) is 2.10. The number of hydrogen-bond acceptors (Lipinski definition) is 3. The van der Waals surface area contributed by atoms with Gasteiger partial charge in [0.25, 0.3) is 0 Å². The van der Waals surface area contributed by atoms with Crippen molar-refractivity contribution in [2.75, 3.05) is 13.6 Å². The first-order chi connectivity index (χ1) is 7.66. The molecule has 1 aromatic heterocycles. The summed E-state index contributed by atoms with van der Waals surface area (Å²) in [5, 5.41) is 3.64. The molecule has 1 fully saturated rings. The number of likely N-dealkylation sites (tertiary alicyclic amines) is 1. The van der Waals surface area contributed by atoms with Gasteiger partial charge in [0.05, 0.1) is 12.5 Å². The van der Waals surface area contributed by atoms with Crippen molar-refractivity contribution in [3.05, 3.63) is 24.2 Å². The number of hydrogen-bond donors (Lipinski definition) is 1. The van der Waals surface area contributed by atoms with Crippen molar-refractivity contribution in [1.29, 1.82) is 0 Å². The molecule has 0 aliphatic carbocycles. The van der Waals surface area contributed by atoms with Gasteiger partial charge in [-0.1, -0.05) is 6.92 Å². The highest BCUT2D eigenvalue weighted by Crippen LogP contribution is 2.21. The van der Waals surface area contributed by atoms with Crippen LogP contribution in [0, 0.1) is 5.92 Å². The van der Waals surface area contributed by atoms with Crippen LogP contribution in [0.3, 0.4) is 0 Å². The number of furan rings is 1. The van der Waals surface area contributed by atoms with Gasteiger partial charge in [0.2, 0.25) is 0 Å². The van der Waals surface area contributed by atoms with Crippen LogP contribution in [0.1, 0.15) is 25.8 Å². The van der Waals surface area contributed by atoms with Crippen LogP contribution in [-0.2, 0) is 6.54 Å². The normalized spacial score (nSPS) is 31.8. The van der Waals surface area contributed by atoms with Crippen LogP contribution in [0.25, 0.3) is 0 Å². The van der Waals surface area contributed by atoms with Crippen LogP contribution >= 0.6 is 0 Å². The van der Waals surface area contributed by atoms with Gasteiger partial charge in [0, 0.05) is 30.7 Å². The molecule has 1 N–H and O–H groups in total. The topological polar surface area (TPSA) is 28.4 Å². The summed E-state index contributed by atoms with van der Waals surface area (Å²) in [6.07, 6.45) is 4.78. The van der Waals surface area contributed by atoms with Crippen LogP contribution < -0.4 is 5.32 Å². The zero-order chi connectivity index (χ0) is 11.5. The molecule has 0 aromatic carbocycles. The fourth-order valence-electron chi connectivity index (χ4n) is 2.47. The molecule has 0 radical (unpaired) electrons. The quantitative estimate of drug-likeness (QED) is 0.849. The van der Waals surface area contributed by atoms with Crippen LogP contribution in [-0.4, -0.2) is 30.6 Å². The maximum Gasteiger partial charge on any atom is 0.0947 e. The number of nitrogens with zero attached hydrogens (tertiary/aromatic N) is 1. The minimum atomic E-state index is 0.626. The molecule has 1 aliphatic rings. The Morgan fingerprint density at radius 2 is 2.31 bits per heavy atom. The molecule has 16 heavy (non-hydrogen) atoms. The highest BCUT2D eigenvalue weighted by molar-refractivity contribution is 5.05. The van der Waals surface area contributed by atoms with E-state index in [9.17, 15) is 0 Å². The summed E-state index contributed by atoms with van der Waals surface area (Å²) < 4.78 is 5.07. The van der Waals surface area contributed by atoms with E-state index < -0.39 is 0 Å².